The number of nitrogens with one attached hydrogen (secondary N) is 1. The second-order valence-corrected chi connectivity index (χ2v) is 5.95. The van der Waals surface area contributed by atoms with Gasteiger partial charge in [0.2, 0.25) is 0 Å². The first-order chi connectivity index (χ1) is 8.90. The van der Waals surface area contributed by atoms with Gasteiger partial charge in [0, 0.05) is 6.20 Å². The van der Waals surface area contributed by atoms with Crippen LogP contribution in [0.25, 0.3) is 0 Å². The predicted molar refractivity (Wildman–Crippen MR) is 75.4 cm³/mol. The topological polar surface area (TPSA) is 85.1 Å². The number of rotatable bonds is 3. The van der Waals surface area contributed by atoms with E-state index in [9.17, 15) is 8.42 Å². The minimum atomic E-state index is -3.72. The van der Waals surface area contributed by atoms with Crippen molar-refractivity contribution in [2.75, 3.05) is 10.5 Å². The van der Waals surface area contributed by atoms with Gasteiger partial charge >= 0.3 is 0 Å². The quantitative estimate of drug-likeness (QED) is 0.841. The van der Waals surface area contributed by atoms with E-state index in [0.717, 1.165) is 11.1 Å². The summed E-state index contributed by atoms with van der Waals surface area (Å²) in [6.45, 7) is 3.73. The highest BCUT2D eigenvalue weighted by Gasteiger charge is 2.18. The highest BCUT2D eigenvalue weighted by atomic mass is 32.2. The van der Waals surface area contributed by atoms with Crippen LogP contribution < -0.4 is 10.5 Å². The summed E-state index contributed by atoms with van der Waals surface area (Å²) in [5, 5.41) is 0. The van der Waals surface area contributed by atoms with Crippen molar-refractivity contribution in [2.24, 2.45) is 0 Å². The summed E-state index contributed by atoms with van der Waals surface area (Å²) in [6, 6.07) is 8.21. The van der Waals surface area contributed by atoms with E-state index in [1.54, 1.807) is 30.3 Å². The van der Waals surface area contributed by atoms with Gasteiger partial charge in [-0.15, -0.1) is 0 Å². The van der Waals surface area contributed by atoms with Gasteiger partial charge in [0.25, 0.3) is 10.0 Å². The Bertz CT molecular complexity index is 697. The summed E-state index contributed by atoms with van der Waals surface area (Å²) in [4.78, 5) is 4.00. The summed E-state index contributed by atoms with van der Waals surface area (Å²) in [5.74, 6) is 0.264. The van der Waals surface area contributed by atoms with Crippen molar-refractivity contribution in [1.29, 1.82) is 0 Å². The number of anilines is 2. The molecule has 5 nitrogen and oxygen atoms in total. The molecule has 19 heavy (non-hydrogen) atoms. The molecule has 1 heterocycles. The minimum absolute atomic E-state index is 0.0706. The number of nitrogen functional groups attached to an aromatic ring is 1. The van der Waals surface area contributed by atoms with Crippen molar-refractivity contribution < 1.29 is 8.42 Å². The van der Waals surface area contributed by atoms with Crippen LogP contribution in [0.1, 0.15) is 11.1 Å². The SMILES string of the molecule is Cc1cc(N)c(S(=O)(=O)Nc2ccccn2)cc1C. The highest BCUT2D eigenvalue weighted by molar-refractivity contribution is 7.92. The minimum Gasteiger partial charge on any atom is -0.398 e. The Hall–Kier alpha value is -2.08. The van der Waals surface area contributed by atoms with Gasteiger partial charge in [-0.1, -0.05) is 6.07 Å². The standard InChI is InChI=1S/C13H15N3O2S/c1-9-7-11(14)12(8-10(9)2)19(17,18)16-13-5-3-4-6-15-13/h3-8H,14H2,1-2H3,(H,15,16). The number of hydrogen-bond donors (Lipinski definition) is 2. The molecule has 0 bridgehead atoms. The summed E-state index contributed by atoms with van der Waals surface area (Å²) in [6.07, 6.45) is 1.52. The van der Waals surface area contributed by atoms with Crippen LogP contribution in [0.5, 0.6) is 0 Å². The second kappa shape index (κ2) is 4.89. The molecule has 0 saturated heterocycles. The number of aryl methyl sites for hydroxylation is 2. The fourth-order valence-electron chi connectivity index (χ4n) is 1.66. The Balaban J connectivity index is 2.43. The average Bonchev–Trinajstić information content (AvgIpc) is 2.34. The molecule has 0 fully saturated rings. The van der Waals surface area contributed by atoms with Gasteiger partial charge in [0.05, 0.1) is 5.69 Å². The Labute approximate surface area is 112 Å². The maximum atomic E-state index is 12.3. The molecule has 100 valence electrons. The van der Waals surface area contributed by atoms with Crippen LogP contribution >= 0.6 is 0 Å². The Morgan fingerprint density at radius 1 is 1.16 bits per heavy atom. The lowest BCUT2D eigenvalue weighted by Gasteiger charge is -2.11. The summed E-state index contributed by atoms with van der Waals surface area (Å²) in [5.41, 5.74) is 7.84. The fourth-order valence-corrected chi connectivity index (χ4v) is 2.87. The number of nitrogens with two attached hydrogens (primary N) is 1. The van der Waals surface area contributed by atoms with Gasteiger partial charge in [0.15, 0.2) is 0 Å². The van der Waals surface area contributed by atoms with Crippen molar-refractivity contribution in [2.45, 2.75) is 18.7 Å². The van der Waals surface area contributed by atoms with Crippen molar-refractivity contribution in [3.05, 3.63) is 47.7 Å². The Morgan fingerprint density at radius 3 is 2.47 bits per heavy atom. The zero-order chi connectivity index (χ0) is 14.0. The number of hydrogen-bond acceptors (Lipinski definition) is 4. The number of aromatic nitrogens is 1. The first-order valence-electron chi connectivity index (χ1n) is 5.71. The van der Waals surface area contributed by atoms with Crippen LogP contribution in [-0.4, -0.2) is 13.4 Å². The first-order valence-corrected chi connectivity index (χ1v) is 7.19. The summed E-state index contributed by atoms with van der Waals surface area (Å²) < 4.78 is 26.9. The molecule has 2 aromatic rings. The molecule has 2 rings (SSSR count). The van der Waals surface area contributed by atoms with E-state index >= 15 is 0 Å². The van der Waals surface area contributed by atoms with Crippen molar-refractivity contribution in [3.8, 4) is 0 Å². The van der Waals surface area contributed by atoms with E-state index in [2.05, 4.69) is 9.71 Å². The molecule has 0 aliphatic rings. The van der Waals surface area contributed by atoms with Crippen LogP contribution in [0, 0.1) is 13.8 Å². The van der Waals surface area contributed by atoms with E-state index in [4.69, 9.17) is 5.73 Å². The molecular formula is C13H15N3O2S. The van der Waals surface area contributed by atoms with Gasteiger partial charge in [-0.05, 0) is 49.2 Å². The average molecular weight is 277 g/mol. The lowest BCUT2D eigenvalue weighted by atomic mass is 10.1. The lowest BCUT2D eigenvalue weighted by molar-refractivity contribution is 0.601. The summed E-state index contributed by atoms with van der Waals surface area (Å²) >= 11 is 0. The molecule has 0 aliphatic carbocycles. The third kappa shape index (κ3) is 2.85. The monoisotopic (exact) mass is 277 g/mol. The van der Waals surface area contributed by atoms with Gasteiger partial charge in [0.1, 0.15) is 10.7 Å². The fraction of sp³-hybridized carbons (Fsp3) is 0.154. The lowest BCUT2D eigenvalue weighted by Crippen LogP contribution is -2.16. The smallest absolute Gasteiger partial charge is 0.265 e. The van der Waals surface area contributed by atoms with Gasteiger partial charge in [-0.2, -0.15) is 0 Å². The largest absolute Gasteiger partial charge is 0.398 e. The number of pyridine rings is 1. The molecule has 0 saturated carbocycles. The first kappa shape index (κ1) is 13.4. The van der Waals surface area contributed by atoms with Gasteiger partial charge in [-0.25, -0.2) is 13.4 Å². The molecular weight excluding hydrogens is 262 g/mol. The third-order valence-electron chi connectivity index (χ3n) is 2.82. The number of nitrogens with zero attached hydrogens (tertiary/aromatic N) is 1. The van der Waals surface area contributed by atoms with Crippen molar-refractivity contribution in [1.82, 2.24) is 4.98 Å². The van der Waals surface area contributed by atoms with Crippen LogP contribution in [-0.2, 0) is 10.0 Å². The molecule has 1 aromatic carbocycles. The maximum Gasteiger partial charge on any atom is 0.265 e. The van der Waals surface area contributed by atoms with Crippen LogP contribution in [0.15, 0.2) is 41.4 Å². The third-order valence-corrected chi connectivity index (χ3v) is 4.23. The van der Waals surface area contributed by atoms with Crippen molar-refractivity contribution >= 4 is 21.5 Å². The molecule has 3 N–H and O–H groups in total. The predicted octanol–water partition coefficient (Wildman–Crippen LogP) is 2.08. The molecule has 6 heteroatoms. The van der Waals surface area contributed by atoms with Crippen LogP contribution in [0.4, 0.5) is 11.5 Å². The normalized spacial score (nSPS) is 11.3. The van der Waals surface area contributed by atoms with E-state index in [1.807, 2.05) is 13.8 Å². The molecule has 0 unspecified atom stereocenters. The van der Waals surface area contributed by atoms with E-state index in [0.29, 0.717) is 0 Å². The van der Waals surface area contributed by atoms with Crippen LogP contribution in [0.3, 0.4) is 0 Å². The molecule has 0 radical (unpaired) electrons. The Kier molecular flexibility index (Phi) is 3.44. The molecule has 0 amide bonds. The molecule has 0 aliphatic heterocycles. The number of benzene rings is 1. The van der Waals surface area contributed by atoms with Gasteiger partial charge < -0.3 is 5.73 Å². The van der Waals surface area contributed by atoms with E-state index in [-0.39, 0.29) is 16.4 Å². The van der Waals surface area contributed by atoms with E-state index < -0.39 is 10.0 Å². The van der Waals surface area contributed by atoms with Gasteiger partial charge in [-0.3, -0.25) is 4.72 Å². The number of sulfonamides is 1. The van der Waals surface area contributed by atoms with Crippen LogP contribution in [0.2, 0.25) is 0 Å². The second-order valence-electron chi connectivity index (χ2n) is 4.29. The Morgan fingerprint density at radius 2 is 1.84 bits per heavy atom. The molecule has 1 aromatic heterocycles. The molecule has 0 atom stereocenters. The zero-order valence-corrected chi connectivity index (χ0v) is 11.5. The maximum absolute atomic E-state index is 12.3. The van der Waals surface area contributed by atoms with E-state index in [1.165, 1.54) is 6.20 Å². The highest BCUT2D eigenvalue weighted by Crippen LogP contribution is 2.24. The summed E-state index contributed by atoms with van der Waals surface area (Å²) in [7, 11) is -3.72. The zero-order valence-electron chi connectivity index (χ0n) is 10.7. The van der Waals surface area contributed by atoms with Crippen molar-refractivity contribution in [3.63, 3.8) is 0 Å². The molecule has 0 spiro atoms.